The second kappa shape index (κ2) is 13.3. The normalized spacial score (nSPS) is 18.3. The third kappa shape index (κ3) is 7.15. The molecule has 1 aliphatic heterocycles. The van der Waals surface area contributed by atoms with E-state index >= 15 is 4.39 Å². The maximum Gasteiger partial charge on any atom is 0.303 e. The zero-order valence-electron chi connectivity index (χ0n) is 26.6. The molecule has 0 radical (unpaired) electrons. The number of ether oxygens (including phenoxy) is 1. The van der Waals surface area contributed by atoms with E-state index in [1.165, 1.54) is 11.1 Å². The Bertz CT molecular complexity index is 1930. The summed E-state index contributed by atoms with van der Waals surface area (Å²) >= 11 is 0. The minimum atomic E-state index is -0.824. The first-order valence-electron chi connectivity index (χ1n) is 15.8. The number of carboxylic acids is 1. The van der Waals surface area contributed by atoms with Gasteiger partial charge in [-0.3, -0.25) is 14.5 Å². The number of aromatic nitrogens is 4. The number of nitrogens with one attached hydrogen (secondary N) is 1. The highest BCUT2D eigenvalue weighted by Gasteiger charge is 2.24. The van der Waals surface area contributed by atoms with Crippen molar-refractivity contribution in [2.45, 2.75) is 65.0 Å². The number of H-pyrrole nitrogens is 1. The minimum absolute atomic E-state index is 0.0683. The molecule has 0 amide bonds. The van der Waals surface area contributed by atoms with Crippen molar-refractivity contribution in [2.75, 3.05) is 0 Å². The van der Waals surface area contributed by atoms with E-state index in [0.717, 1.165) is 42.2 Å². The summed E-state index contributed by atoms with van der Waals surface area (Å²) in [6.07, 6.45) is 11.0. The molecule has 4 bridgehead atoms. The van der Waals surface area contributed by atoms with Crippen LogP contribution in [-0.4, -0.2) is 35.8 Å². The number of hydrogen-bond acceptors (Lipinski definition) is 7. The molecule has 6 N–H and O–H groups in total. The number of allylic oxidation sites excluding steroid dienone is 1. The predicted octanol–water partition coefficient (Wildman–Crippen LogP) is 7.04. The van der Waals surface area contributed by atoms with Crippen LogP contribution >= 0.6 is 0 Å². The topological polar surface area (TPSA) is 148 Å². The number of carbonyl (C=O) groups is 1. The summed E-state index contributed by atoms with van der Waals surface area (Å²) in [7, 11) is 0. The van der Waals surface area contributed by atoms with Crippen LogP contribution in [0.15, 0.2) is 85.1 Å². The first kappa shape index (κ1) is 31.8. The van der Waals surface area contributed by atoms with Crippen molar-refractivity contribution in [1.82, 2.24) is 24.8 Å². The molecule has 0 aliphatic carbocycles. The fourth-order valence-corrected chi connectivity index (χ4v) is 6.16. The minimum Gasteiger partial charge on any atom is -0.481 e. The van der Waals surface area contributed by atoms with Gasteiger partial charge in [-0.2, -0.15) is 5.10 Å². The molecule has 5 aromatic rings. The average molecular weight is 638 g/mol. The lowest BCUT2D eigenvalue weighted by atomic mass is 9.83. The highest BCUT2D eigenvalue weighted by Crippen LogP contribution is 2.37. The molecular weight excluding hydrogens is 597 g/mol. The number of nitrogens with two attached hydrogens (primary N) is 2. The molecule has 1 atom stereocenters. The monoisotopic (exact) mass is 637 g/mol. The van der Waals surface area contributed by atoms with Gasteiger partial charge in [-0.15, -0.1) is 0 Å². The van der Waals surface area contributed by atoms with Crippen molar-refractivity contribution in [3.63, 3.8) is 0 Å². The van der Waals surface area contributed by atoms with Gasteiger partial charge < -0.3 is 25.6 Å². The summed E-state index contributed by atoms with van der Waals surface area (Å²) in [6.45, 7) is 4.35. The molecule has 244 valence electrons. The van der Waals surface area contributed by atoms with Crippen LogP contribution in [0.2, 0.25) is 0 Å². The number of aromatic amines is 1. The van der Waals surface area contributed by atoms with Crippen molar-refractivity contribution >= 4 is 16.9 Å². The highest BCUT2D eigenvalue weighted by atomic mass is 19.1. The van der Waals surface area contributed by atoms with Crippen LogP contribution in [0.25, 0.3) is 22.3 Å². The average Bonchev–Trinajstić information content (AvgIpc) is 3.72. The Kier molecular flexibility index (Phi) is 8.99. The van der Waals surface area contributed by atoms with Crippen molar-refractivity contribution < 1.29 is 19.0 Å². The number of benzene rings is 2. The number of aliphatic carboxylic acids is 1. The van der Waals surface area contributed by atoms with E-state index in [1.807, 2.05) is 35.1 Å². The van der Waals surface area contributed by atoms with Crippen LogP contribution in [0.1, 0.15) is 68.7 Å². The van der Waals surface area contributed by atoms with Gasteiger partial charge in [-0.05, 0) is 48.6 Å². The first-order chi connectivity index (χ1) is 22.6. The van der Waals surface area contributed by atoms with E-state index in [-0.39, 0.29) is 30.2 Å². The molecule has 3 aromatic heterocycles. The van der Waals surface area contributed by atoms with Gasteiger partial charge in [0.1, 0.15) is 11.4 Å². The number of nitrogens with zero attached hydrogens (tertiary/aromatic N) is 4. The Labute approximate surface area is 272 Å². The van der Waals surface area contributed by atoms with E-state index in [9.17, 15) is 9.90 Å². The summed E-state index contributed by atoms with van der Waals surface area (Å²) in [4.78, 5) is 18.9. The highest BCUT2D eigenvalue weighted by molar-refractivity contribution is 5.85. The van der Waals surface area contributed by atoms with E-state index < -0.39 is 11.8 Å². The van der Waals surface area contributed by atoms with Gasteiger partial charge in [0.05, 0.1) is 18.3 Å². The summed E-state index contributed by atoms with van der Waals surface area (Å²) in [5, 5.41) is 16.4. The zero-order chi connectivity index (χ0) is 33.1. The molecule has 0 spiro atoms. The number of rotatable bonds is 4. The SMILES string of the molecule is CC1(C)CCCCC(c2cccc(CCC(=O)O)c2)n2ccc(n2)-c2cc(ccn2)Oc2c(F)cc3[nH]ccc3c2CN(N)/C=C/1N. The molecule has 0 saturated heterocycles. The van der Waals surface area contributed by atoms with Crippen LogP contribution in [0.5, 0.6) is 11.5 Å². The summed E-state index contributed by atoms with van der Waals surface area (Å²) in [6, 6.07) is 16.6. The molecular formula is C36H40FN7O3. The second-order valence-electron chi connectivity index (χ2n) is 12.8. The third-order valence-corrected chi connectivity index (χ3v) is 8.93. The largest absolute Gasteiger partial charge is 0.481 e. The number of carboxylic acid groups (broad SMARTS) is 1. The zero-order valence-corrected chi connectivity index (χ0v) is 26.6. The van der Waals surface area contributed by atoms with Gasteiger partial charge in [0.2, 0.25) is 0 Å². The van der Waals surface area contributed by atoms with Crippen LogP contribution in [0, 0.1) is 11.2 Å². The van der Waals surface area contributed by atoms with E-state index in [2.05, 4.69) is 35.9 Å². The van der Waals surface area contributed by atoms with E-state index in [4.69, 9.17) is 21.4 Å². The first-order valence-corrected chi connectivity index (χ1v) is 15.8. The third-order valence-electron chi connectivity index (χ3n) is 8.93. The standard InChI is InChI=1S/C36H40FN7O3/c1-36(2)14-4-3-8-32(24-7-5-6-23(18-24)9-10-34(45)46)44-17-13-29(42-44)31-19-25(11-15-41-31)47-35-27(21-43(39)22-33(36)38)26-12-16-40-30(26)20-28(35)37/h5-7,11-13,15-20,22,32,40H,3-4,8-10,14,21,38-39H2,1-2H3,(H,45,46)/b33-22-. The Balaban J connectivity index is 1.41. The van der Waals surface area contributed by atoms with Gasteiger partial charge in [-0.1, -0.05) is 51.0 Å². The predicted molar refractivity (Wildman–Crippen MR) is 179 cm³/mol. The Morgan fingerprint density at radius 2 is 2.00 bits per heavy atom. The molecule has 11 heteroatoms. The molecule has 0 fully saturated rings. The van der Waals surface area contributed by atoms with Gasteiger partial charge in [0, 0.05) is 70.9 Å². The van der Waals surface area contributed by atoms with Gasteiger partial charge >= 0.3 is 5.97 Å². The Hall–Kier alpha value is -5.16. The Morgan fingerprint density at radius 1 is 1.15 bits per heavy atom. The van der Waals surface area contributed by atoms with Crippen molar-refractivity contribution in [3.8, 4) is 22.9 Å². The number of hydrazine groups is 1. The number of halogens is 1. The molecule has 47 heavy (non-hydrogen) atoms. The summed E-state index contributed by atoms with van der Waals surface area (Å²) in [5.74, 6) is 5.62. The van der Waals surface area contributed by atoms with Gasteiger partial charge in [-0.25, -0.2) is 10.2 Å². The van der Waals surface area contributed by atoms with Crippen molar-refractivity contribution in [2.24, 2.45) is 17.0 Å². The molecule has 4 heterocycles. The molecule has 1 aliphatic rings. The second-order valence-corrected chi connectivity index (χ2v) is 12.8. The quantitative estimate of drug-likeness (QED) is 0.153. The van der Waals surface area contributed by atoms with Crippen LogP contribution in [0.4, 0.5) is 4.39 Å². The fraction of sp³-hybridized carbons (Fsp3) is 0.306. The maximum atomic E-state index is 15.6. The van der Waals surface area contributed by atoms with Crippen molar-refractivity contribution in [1.29, 1.82) is 0 Å². The molecule has 6 rings (SSSR count). The molecule has 0 saturated carbocycles. The molecule has 2 aromatic carbocycles. The smallest absolute Gasteiger partial charge is 0.303 e. The van der Waals surface area contributed by atoms with Crippen LogP contribution < -0.4 is 16.3 Å². The number of hydrogen-bond donors (Lipinski definition) is 4. The molecule has 1 unspecified atom stereocenters. The number of fused-ring (bicyclic) bond motifs is 8. The number of aryl methyl sites for hydroxylation is 1. The van der Waals surface area contributed by atoms with Crippen LogP contribution in [-0.2, 0) is 17.8 Å². The maximum absolute atomic E-state index is 15.6. The lowest BCUT2D eigenvalue weighted by Crippen LogP contribution is -2.30. The lowest BCUT2D eigenvalue weighted by Gasteiger charge is -2.28. The molecule has 10 nitrogen and oxygen atoms in total. The van der Waals surface area contributed by atoms with Crippen LogP contribution in [0.3, 0.4) is 0 Å². The summed E-state index contributed by atoms with van der Waals surface area (Å²) < 4.78 is 23.8. The lowest BCUT2D eigenvalue weighted by molar-refractivity contribution is -0.136. The Morgan fingerprint density at radius 3 is 2.83 bits per heavy atom. The van der Waals surface area contributed by atoms with Crippen molar-refractivity contribution in [3.05, 3.63) is 108 Å². The number of pyridine rings is 1. The van der Waals surface area contributed by atoms with E-state index in [1.54, 1.807) is 30.7 Å². The van der Waals surface area contributed by atoms with Gasteiger partial charge in [0.15, 0.2) is 11.6 Å². The summed E-state index contributed by atoms with van der Waals surface area (Å²) in [5.41, 5.74) is 11.4. The van der Waals surface area contributed by atoms with Gasteiger partial charge in [0.25, 0.3) is 0 Å². The fourth-order valence-electron chi connectivity index (χ4n) is 6.16. The van der Waals surface area contributed by atoms with E-state index in [0.29, 0.717) is 40.3 Å².